The van der Waals surface area contributed by atoms with Gasteiger partial charge in [0.1, 0.15) is 0 Å². The molecule has 2 aromatic rings. The molecule has 1 N–H and O–H groups in total. The number of rotatable bonds is 4. The van der Waals surface area contributed by atoms with Gasteiger partial charge in [0.25, 0.3) is 0 Å². The maximum atomic E-state index is 3.38. The summed E-state index contributed by atoms with van der Waals surface area (Å²) in [5.74, 6) is 0. The van der Waals surface area contributed by atoms with Gasteiger partial charge in [0, 0.05) is 0 Å². The summed E-state index contributed by atoms with van der Waals surface area (Å²) in [6.45, 7) is 2.19. The Bertz CT molecular complexity index is 434. The summed E-state index contributed by atoms with van der Waals surface area (Å²) < 4.78 is 0. The lowest BCUT2D eigenvalue weighted by atomic mass is 9.99. The third kappa shape index (κ3) is 2.34. The van der Waals surface area contributed by atoms with Crippen LogP contribution in [0.3, 0.4) is 0 Å². The van der Waals surface area contributed by atoms with Crippen molar-refractivity contribution < 1.29 is 0 Å². The molecule has 16 heavy (non-hydrogen) atoms. The predicted octanol–water partition coefficient (Wildman–Crippen LogP) is 3.62. The highest BCUT2D eigenvalue weighted by atomic mass is 32.1. The van der Waals surface area contributed by atoms with Crippen LogP contribution in [0.15, 0.2) is 41.1 Å². The largest absolute Gasteiger partial charge is 0.309 e. The van der Waals surface area contributed by atoms with Crippen LogP contribution in [0.2, 0.25) is 0 Å². The second-order valence-corrected chi connectivity index (χ2v) is 4.66. The standard InChI is InChI=1S/C14H17NS/c1-3-11-5-4-6-12(9-11)14(15-2)13-7-8-16-10-13/h4-10,14-15H,3H2,1-2H3. The third-order valence-electron chi connectivity index (χ3n) is 2.86. The molecule has 0 fully saturated rings. The van der Waals surface area contributed by atoms with E-state index in [1.54, 1.807) is 11.3 Å². The zero-order chi connectivity index (χ0) is 11.4. The van der Waals surface area contributed by atoms with Crippen molar-refractivity contribution in [3.05, 3.63) is 57.8 Å². The SMILES string of the molecule is CCc1cccc(C(NC)c2ccsc2)c1. The van der Waals surface area contributed by atoms with Crippen molar-refractivity contribution in [2.45, 2.75) is 19.4 Å². The fraction of sp³-hybridized carbons (Fsp3) is 0.286. The van der Waals surface area contributed by atoms with E-state index in [1.807, 2.05) is 7.05 Å². The van der Waals surface area contributed by atoms with Crippen LogP contribution in [0.4, 0.5) is 0 Å². The van der Waals surface area contributed by atoms with Crippen molar-refractivity contribution in [2.75, 3.05) is 7.05 Å². The maximum absolute atomic E-state index is 3.38. The molecule has 1 heterocycles. The highest BCUT2D eigenvalue weighted by molar-refractivity contribution is 7.08. The molecule has 1 atom stereocenters. The second kappa shape index (κ2) is 5.28. The average Bonchev–Trinajstić information content (AvgIpc) is 2.84. The molecule has 0 saturated heterocycles. The van der Waals surface area contributed by atoms with E-state index in [0.717, 1.165) is 6.42 Å². The molecule has 1 aromatic heterocycles. The molecule has 0 saturated carbocycles. The lowest BCUT2D eigenvalue weighted by molar-refractivity contribution is 0.693. The van der Waals surface area contributed by atoms with Crippen molar-refractivity contribution in [3.8, 4) is 0 Å². The Hall–Kier alpha value is -1.12. The molecule has 2 rings (SSSR count). The van der Waals surface area contributed by atoms with Gasteiger partial charge in [0.05, 0.1) is 6.04 Å². The molecular formula is C14H17NS. The van der Waals surface area contributed by atoms with E-state index < -0.39 is 0 Å². The maximum Gasteiger partial charge on any atom is 0.0582 e. The summed E-state index contributed by atoms with van der Waals surface area (Å²) in [6.07, 6.45) is 1.09. The van der Waals surface area contributed by atoms with Crippen LogP contribution < -0.4 is 5.32 Å². The predicted molar refractivity (Wildman–Crippen MR) is 71.0 cm³/mol. The molecule has 0 aliphatic heterocycles. The first kappa shape index (κ1) is 11.4. The Balaban J connectivity index is 2.33. The Morgan fingerprint density at radius 3 is 2.75 bits per heavy atom. The first-order valence-corrected chi connectivity index (χ1v) is 6.57. The van der Waals surface area contributed by atoms with E-state index in [0.29, 0.717) is 6.04 Å². The van der Waals surface area contributed by atoms with Gasteiger partial charge in [-0.1, -0.05) is 31.2 Å². The van der Waals surface area contributed by atoms with Gasteiger partial charge in [-0.25, -0.2) is 0 Å². The van der Waals surface area contributed by atoms with Gasteiger partial charge in [-0.05, 0) is 47.0 Å². The van der Waals surface area contributed by atoms with E-state index >= 15 is 0 Å². The summed E-state index contributed by atoms with van der Waals surface area (Å²) in [4.78, 5) is 0. The Kier molecular flexibility index (Phi) is 3.75. The second-order valence-electron chi connectivity index (χ2n) is 3.88. The van der Waals surface area contributed by atoms with E-state index in [2.05, 4.69) is 53.3 Å². The number of aryl methyl sites for hydroxylation is 1. The zero-order valence-corrected chi connectivity index (χ0v) is 10.6. The van der Waals surface area contributed by atoms with Gasteiger partial charge < -0.3 is 5.32 Å². The van der Waals surface area contributed by atoms with E-state index in [4.69, 9.17) is 0 Å². The Morgan fingerprint density at radius 1 is 1.25 bits per heavy atom. The monoisotopic (exact) mass is 231 g/mol. The van der Waals surface area contributed by atoms with Crippen molar-refractivity contribution in [3.63, 3.8) is 0 Å². The normalized spacial score (nSPS) is 12.6. The number of nitrogens with one attached hydrogen (secondary N) is 1. The minimum absolute atomic E-state index is 0.317. The Labute approximate surface area is 101 Å². The van der Waals surface area contributed by atoms with Crippen LogP contribution in [-0.2, 0) is 6.42 Å². The van der Waals surface area contributed by atoms with Crippen LogP contribution in [0.1, 0.15) is 29.7 Å². The highest BCUT2D eigenvalue weighted by Crippen LogP contribution is 2.24. The first-order chi connectivity index (χ1) is 7.85. The molecule has 0 bridgehead atoms. The minimum atomic E-state index is 0.317. The van der Waals surface area contributed by atoms with Crippen LogP contribution in [-0.4, -0.2) is 7.05 Å². The smallest absolute Gasteiger partial charge is 0.0582 e. The van der Waals surface area contributed by atoms with Gasteiger partial charge in [-0.15, -0.1) is 0 Å². The minimum Gasteiger partial charge on any atom is -0.309 e. The molecule has 1 unspecified atom stereocenters. The third-order valence-corrected chi connectivity index (χ3v) is 3.56. The lowest BCUT2D eigenvalue weighted by Gasteiger charge is -2.16. The Morgan fingerprint density at radius 2 is 2.12 bits per heavy atom. The van der Waals surface area contributed by atoms with E-state index in [-0.39, 0.29) is 0 Å². The summed E-state index contributed by atoms with van der Waals surface area (Å²) in [5, 5.41) is 7.72. The van der Waals surface area contributed by atoms with Gasteiger partial charge in [0.2, 0.25) is 0 Å². The molecule has 0 aliphatic rings. The number of hydrogen-bond acceptors (Lipinski definition) is 2. The van der Waals surface area contributed by atoms with Crippen molar-refractivity contribution >= 4 is 11.3 Å². The van der Waals surface area contributed by atoms with Crippen molar-refractivity contribution in [1.29, 1.82) is 0 Å². The number of hydrogen-bond donors (Lipinski definition) is 1. The fourth-order valence-corrected chi connectivity index (χ4v) is 2.64. The van der Waals surface area contributed by atoms with E-state index in [1.165, 1.54) is 16.7 Å². The van der Waals surface area contributed by atoms with Crippen LogP contribution in [0, 0.1) is 0 Å². The van der Waals surface area contributed by atoms with Gasteiger partial charge >= 0.3 is 0 Å². The molecule has 0 aliphatic carbocycles. The quantitative estimate of drug-likeness (QED) is 0.847. The van der Waals surface area contributed by atoms with Crippen LogP contribution in [0.5, 0.6) is 0 Å². The zero-order valence-electron chi connectivity index (χ0n) is 9.73. The van der Waals surface area contributed by atoms with Crippen LogP contribution >= 0.6 is 11.3 Å². The van der Waals surface area contributed by atoms with E-state index in [9.17, 15) is 0 Å². The molecular weight excluding hydrogens is 214 g/mol. The summed E-state index contributed by atoms with van der Waals surface area (Å²) in [6, 6.07) is 11.3. The molecule has 1 nitrogen and oxygen atoms in total. The van der Waals surface area contributed by atoms with Gasteiger partial charge in [0.15, 0.2) is 0 Å². The van der Waals surface area contributed by atoms with Gasteiger partial charge in [-0.2, -0.15) is 11.3 Å². The van der Waals surface area contributed by atoms with Gasteiger partial charge in [-0.3, -0.25) is 0 Å². The van der Waals surface area contributed by atoms with Crippen molar-refractivity contribution in [2.24, 2.45) is 0 Å². The average molecular weight is 231 g/mol. The molecule has 2 heteroatoms. The summed E-state index contributed by atoms with van der Waals surface area (Å²) >= 11 is 1.75. The molecule has 0 spiro atoms. The molecule has 0 amide bonds. The summed E-state index contributed by atoms with van der Waals surface area (Å²) in [7, 11) is 2.01. The fourth-order valence-electron chi connectivity index (χ4n) is 1.96. The van der Waals surface area contributed by atoms with Crippen LogP contribution in [0.25, 0.3) is 0 Å². The lowest BCUT2D eigenvalue weighted by Crippen LogP contribution is -2.17. The van der Waals surface area contributed by atoms with Crippen molar-refractivity contribution in [1.82, 2.24) is 5.32 Å². The molecule has 84 valence electrons. The summed E-state index contributed by atoms with van der Waals surface area (Å²) in [5.41, 5.74) is 4.09. The molecule has 0 radical (unpaired) electrons. The topological polar surface area (TPSA) is 12.0 Å². The number of thiophene rings is 1. The molecule has 1 aromatic carbocycles. The number of benzene rings is 1. The first-order valence-electron chi connectivity index (χ1n) is 5.63. The highest BCUT2D eigenvalue weighted by Gasteiger charge is 2.11.